The SMILES string of the molecule is CC(CNc1cc([N+](=O)[O-])cc(N)n1)c1nccs1. The maximum Gasteiger partial charge on any atom is 0.276 e. The van der Waals surface area contributed by atoms with E-state index < -0.39 is 4.92 Å². The number of hydrogen-bond acceptors (Lipinski definition) is 7. The van der Waals surface area contributed by atoms with Crippen molar-refractivity contribution >= 4 is 28.7 Å². The van der Waals surface area contributed by atoms with Crippen LogP contribution in [0.25, 0.3) is 0 Å². The molecule has 0 aliphatic heterocycles. The molecule has 0 aliphatic carbocycles. The summed E-state index contributed by atoms with van der Waals surface area (Å²) < 4.78 is 0. The average Bonchev–Trinajstić information content (AvgIpc) is 2.89. The van der Waals surface area contributed by atoms with Crippen LogP contribution in [-0.4, -0.2) is 21.4 Å². The van der Waals surface area contributed by atoms with Crippen LogP contribution >= 0.6 is 11.3 Å². The van der Waals surface area contributed by atoms with Gasteiger partial charge in [0.05, 0.1) is 22.1 Å². The molecule has 0 amide bonds. The zero-order chi connectivity index (χ0) is 13.8. The number of nitrogens with zero attached hydrogens (tertiary/aromatic N) is 3. The Morgan fingerprint density at radius 1 is 1.58 bits per heavy atom. The number of pyridine rings is 1. The van der Waals surface area contributed by atoms with Gasteiger partial charge in [-0.05, 0) is 0 Å². The molecular formula is C11H13N5O2S. The number of anilines is 2. The fourth-order valence-corrected chi connectivity index (χ4v) is 2.25. The first-order valence-electron chi connectivity index (χ1n) is 5.61. The molecule has 0 radical (unpaired) electrons. The minimum absolute atomic E-state index is 0.0723. The summed E-state index contributed by atoms with van der Waals surface area (Å²) in [5.41, 5.74) is 5.46. The van der Waals surface area contributed by atoms with Crippen molar-refractivity contribution in [2.24, 2.45) is 0 Å². The van der Waals surface area contributed by atoms with E-state index in [2.05, 4.69) is 15.3 Å². The molecule has 0 bridgehead atoms. The molecule has 0 saturated carbocycles. The Balaban J connectivity index is 2.05. The van der Waals surface area contributed by atoms with Gasteiger partial charge < -0.3 is 11.1 Å². The Hall–Kier alpha value is -2.22. The second-order valence-electron chi connectivity index (χ2n) is 4.04. The van der Waals surface area contributed by atoms with Crippen molar-refractivity contribution in [3.63, 3.8) is 0 Å². The highest BCUT2D eigenvalue weighted by atomic mass is 32.1. The molecule has 0 spiro atoms. The minimum atomic E-state index is -0.493. The van der Waals surface area contributed by atoms with Gasteiger partial charge in [-0.1, -0.05) is 6.92 Å². The molecule has 0 saturated heterocycles. The number of nitrogens with two attached hydrogens (primary N) is 1. The van der Waals surface area contributed by atoms with E-state index in [4.69, 9.17) is 5.73 Å². The van der Waals surface area contributed by atoms with Gasteiger partial charge in [-0.2, -0.15) is 0 Å². The van der Waals surface area contributed by atoms with Crippen molar-refractivity contribution in [1.29, 1.82) is 0 Å². The first-order valence-corrected chi connectivity index (χ1v) is 6.49. The van der Waals surface area contributed by atoms with Crippen molar-refractivity contribution in [3.05, 3.63) is 38.8 Å². The van der Waals surface area contributed by atoms with Crippen molar-refractivity contribution < 1.29 is 4.92 Å². The zero-order valence-electron chi connectivity index (χ0n) is 10.2. The molecule has 19 heavy (non-hydrogen) atoms. The third-order valence-corrected chi connectivity index (χ3v) is 3.51. The Bertz CT molecular complexity index is 572. The van der Waals surface area contributed by atoms with E-state index in [1.54, 1.807) is 17.5 Å². The van der Waals surface area contributed by atoms with Gasteiger partial charge in [-0.25, -0.2) is 9.97 Å². The van der Waals surface area contributed by atoms with E-state index in [-0.39, 0.29) is 17.4 Å². The first-order chi connectivity index (χ1) is 9.06. The predicted octanol–water partition coefficient (Wildman–Crippen LogP) is 2.24. The third-order valence-electron chi connectivity index (χ3n) is 2.50. The Morgan fingerprint density at radius 3 is 3.00 bits per heavy atom. The molecule has 1 atom stereocenters. The van der Waals surface area contributed by atoms with Gasteiger partial charge in [0.1, 0.15) is 11.6 Å². The lowest BCUT2D eigenvalue weighted by atomic mass is 10.2. The van der Waals surface area contributed by atoms with Crippen LogP contribution in [0.2, 0.25) is 0 Å². The van der Waals surface area contributed by atoms with Crippen LogP contribution in [0.5, 0.6) is 0 Å². The molecule has 3 N–H and O–H groups in total. The quantitative estimate of drug-likeness (QED) is 0.642. The van der Waals surface area contributed by atoms with Gasteiger partial charge in [0.2, 0.25) is 0 Å². The highest BCUT2D eigenvalue weighted by Crippen LogP contribution is 2.21. The number of aromatic nitrogens is 2. The molecule has 2 heterocycles. The summed E-state index contributed by atoms with van der Waals surface area (Å²) in [6.07, 6.45) is 1.75. The summed E-state index contributed by atoms with van der Waals surface area (Å²) in [6, 6.07) is 2.60. The summed E-state index contributed by atoms with van der Waals surface area (Å²) in [6.45, 7) is 2.60. The van der Waals surface area contributed by atoms with E-state index in [0.717, 1.165) is 5.01 Å². The number of thiazole rings is 1. The summed E-state index contributed by atoms with van der Waals surface area (Å²) in [7, 11) is 0. The van der Waals surface area contributed by atoms with Gasteiger partial charge in [0.25, 0.3) is 5.69 Å². The summed E-state index contributed by atoms with van der Waals surface area (Å²) in [4.78, 5) is 18.5. The molecule has 7 nitrogen and oxygen atoms in total. The summed E-state index contributed by atoms with van der Waals surface area (Å²) in [5, 5.41) is 16.7. The lowest BCUT2D eigenvalue weighted by Crippen LogP contribution is -2.11. The van der Waals surface area contributed by atoms with Crippen LogP contribution in [0.1, 0.15) is 17.8 Å². The standard InChI is InChI=1S/C11H13N5O2S/c1-7(11-13-2-3-19-11)6-14-10-5-8(16(17)18)4-9(12)15-10/h2-5,7H,6H2,1H3,(H3,12,14,15). The number of hydrogen-bond donors (Lipinski definition) is 2. The molecule has 2 rings (SSSR count). The number of nitrogens with one attached hydrogen (secondary N) is 1. The van der Waals surface area contributed by atoms with E-state index in [9.17, 15) is 10.1 Å². The maximum atomic E-state index is 10.7. The van der Waals surface area contributed by atoms with Crippen molar-refractivity contribution in [3.8, 4) is 0 Å². The molecule has 0 aliphatic rings. The summed E-state index contributed by atoms with van der Waals surface area (Å²) >= 11 is 1.57. The lowest BCUT2D eigenvalue weighted by Gasteiger charge is -2.10. The third kappa shape index (κ3) is 3.38. The fraction of sp³-hybridized carbons (Fsp3) is 0.273. The van der Waals surface area contributed by atoms with Crippen LogP contribution < -0.4 is 11.1 Å². The predicted molar refractivity (Wildman–Crippen MR) is 74.3 cm³/mol. The zero-order valence-corrected chi connectivity index (χ0v) is 11.1. The van der Waals surface area contributed by atoms with Gasteiger partial charge in [0, 0.05) is 24.0 Å². The molecule has 0 aromatic carbocycles. The van der Waals surface area contributed by atoms with E-state index in [0.29, 0.717) is 12.4 Å². The van der Waals surface area contributed by atoms with Crippen LogP contribution in [-0.2, 0) is 0 Å². The normalized spacial score (nSPS) is 12.1. The van der Waals surface area contributed by atoms with Crippen molar-refractivity contribution in [2.75, 3.05) is 17.6 Å². The lowest BCUT2D eigenvalue weighted by molar-refractivity contribution is -0.384. The smallest absolute Gasteiger partial charge is 0.276 e. The molecule has 1 unspecified atom stereocenters. The molecule has 0 fully saturated rings. The molecule has 100 valence electrons. The molecule has 2 aromatic heterocycles. The second-order valence-corrected chi connectivity index (χ2v) is 4.97. The van der Waals surface area contributed by atoms with E-state index >= 15 is 0 Å². The molecule has 8 heteroatoms. The van der Waals surface area contributed by atoms with Gasteiger partial charge in [-0.3, -0.25) is 10.1 Å². The van der Waals surface area contributed by atoms with Crippen LogP contribution in [0.4, 0.5) is 17.3 Å². The Labute approximate surface area is 113 Å². The summed E-state index contributed by atoms with van der Waals surface area (Å²) in [5.74, 6) is 0.719. The van der Waals surface area contributed by atoms with Gasteiger partial charge in [0.15, 0.2) is 0 Å². The highest BCUT2D eigenvalue weighted by molar-refractivity contribution is 7.09. The van der Waals surface area contributed by atoms with E-state index in [1.807, 2.05) is 12.3 Å². The minimum Gasteiger partial charge on any atom is -0.383 e. The van der Waals surface area contributed by atoms with Crippen molar-refractivity contribution in [2.45, 2.75) is 12.8 Å². The number of nitro groups is 1. The maximum absolute atomic E-state index is 10.7. The van der Waals surface area contributed by atoms with Crippen LogP contribution in [0, 0.1) is 10.1 Å². The average molecular weight is 279 g/mol. The number of nitrogen functional groups attached to an aromatic ring is 1. The first kappa shape index (κ1) is 13.2. The van der Waals surface area contributed by atoms with Crippen LogP contribution in [0.3, 0.4) is 0 Å². The topological polar surface area (TPSA) is 107 Å². The Morgan fingerprint density at radius 2 is 2.37 bits per heavy atom. The fourth-order valence-electron chi connectivity index (χ4n) is 1.56. The van der Waals surface area contributed by atoms with Crippen molar-refractivity contribution in [1.82, 2.24) is 9.97 Å². The van der Waals surface area contributed by atoms with Gasteiger partial charge >= 0.3 is 0 Å². The number of rotatable bonds is 5. The molecule has 2 aromatic rings. The van der Waals surface area contributed by atoms with E-state index in [1.165, 1.54) is 12.1 Å². The van der Waals surface area contributed by atoms with Gasteiger partial charge in [-0.15, -0.1) is 11.3 Å². The van der Waals surface area contributed by atoms with Crippen LogP contribution in [0.15, 0.2) is 23.7 Å². The molecular weight excluding hydrogens is 266 g/mol. The Kier molecular flexibility index (Phi) is 3.91. The largest absolute Gasteiger partial charge is 0.383 e. The monoisotopic (exact) mass is 279 g/mol. The highest BCUT2D eigenvalue weighted by Gasteiger charge is 2.12. The second kappa shape index (κ2) is 5.61.